The maximum Gasteiger partial charge on any atom is 0.338 e. The second-order valence-corrected chi connectivity index (χ2v) is 5.11. The molecule has 0 spiro atoms. The molecule has 2 heteroatoms. The maximum absolute atomic E-state index is 11.9. The summed E-state index contributed by atoms with van der Waals surface area (Å²) >= 11 is 0. The minimum atomic E-state index is -0.204. The van der Waals surface area contributed by atoms with Crippen LogP contribution in [0.1, 0.15) is 48.5 Å². The molecule has 2 rings (SSSR count). The highest BCUT2D eigenvalue weighted by molar-refractivity contribution is 5.89. The minimum absolute atomic E-state index is 0.104. The topological polar surface area (TPSA) is 26.3 Å². The van der Waals surface area contributed by atoms with Crippen molar-refractivity contribution in [3.63, 3.8) is 0 Å². The van der Waals surface area contributed by atoms with Crippen LogP contribution in [0.15, 0.2) is 30.8 Å². The lowest BCUT2D eigenvalue weighted by Gasteiger charge is -2.25. The molecular formula is C16H20O2. The number of esters is 1. The van der Waals surface area contributed by atoms with Crippen LogP contribution in [0.25, 0.3) is 6.08 Å². The first-order chi connectivity index (χ1) is 8.69. The molecule has 0 N–H and O–H groups in total. The average molecular weight is 244 g/mol. The van der Waals surface area contributed by atoms with Crippen molar-refractivity contribution in [2.24, 2.45) is 5.92 Å². The van der Waals surface area contributed by atoms with E-state index in [0.29, 0.717) is 5.56 Å². The van der Waals surface area contributed by atoms with Gasteiger partial charge in [0.15, 0.2) is 0 Å². The van der Waals surface area contributed by atoms with E-state index in [0.717, 1.165) is 37.2 Å². The highest BCUT2D eigenvalue weighted by atomic mass is 16.5. The molecule has 1 aliphatic rings. The molecule has 0 heterocycles. The number of carbonyl (C=O) groups is 1. The van der Waals surface area contributed by atoms with Gasteiger partial charge in [0.1, 0.15) is 6.10 Å². The van der Waals surface area contributed by atoms with Crippen LogP contribution in [-0.4, -0.2) is 12.1 Å². The Balaban J connectivity index is 1.92. The molecule has 0 aromatic heterocycles. The van der Waals surface area contributed by atoms with Gasteiger partial charge in [-0.2, -0.15) is 0 Å². The molecular weight excluding hydrogens is 224 g/mol. The first-order valence-electron chi connectivity index (χ1n) is 6.62. The van der Waals surface area contributed by atoms with E-state index in [4.69, 9.17) is 4.74 Å². The zero-order valence-corrected chi connectivity index (χ0v) is 10.9. The van der Waals surface area contributed by atoms with Crippen molar-refractivity contribution >= 4 is 12.0 Å². The first kappa shape index (κ1) is 12.9. The van der Waals surface area contributed by atoms with Crippen molar-refractivity contribution < 1.29 is 9.53 Å². The number of rotatable bonds is 3. The lowest BCUT2D eigenvalue weighted by atomic mass is 9.89. The van der Waals surface area contributed by atoms with E-state index in [9.17, 15) is 4.79 Å². The Bertz CT molecular complexity index is 411. The second kappa shape index (κ2) is 5.85. The van der Waals surface area contributed by atoms with Crippen LogP contribution >= 0.6 is 0 Å². The monoisotopic (exact) mass is 244 g/mol. The largest absolute Gasteiger partial charge is 0.459 e. The SMILES string of the molecule is C=Cc1ccc(C(=O)OC2CCC(C)CC2)cc1. The van der Waals surface area contributed by atoms with E-state index in [2.05, 4.69) is 13.5 Å². The fourth-order valence-corrected chi connectivity index (χ4v) is 2.32. The summed E-state index contributed by atoms with van der Waals surface area (Å²) < 4.78 is 5.53. The molecule has 96 valence electrons. The van der Waals surface area contributed by atoms with E-state index in [-0.39, 0.29) is 12.1 Å². The van der Waals surface area contributed by atoms with Crippen LogP contribution in [0.5, 0.6) is 0 Å². The molecule has 1 aromatic rings. The van der Waals surface area contributed by atoms with Gasteiger partial charge in [-0.05, 0) is 49.3 Å². The Hall–Kier alpha value is -1.57. The Labute approximate surface area is 109 Å². The van der Waals surface area contributed by atoms with Crippen molar-refractivity contribution in [1.82, 2.24) is 0 Å². The van der Waals surface area contributed by atoms with E-state index < -0.39 is 0 Å². The number of carbonyl (C=O) groups excluding carboxylic acids is 1. The molecule has 0 aliphatic heterocycles. The third-order valence-electron chi connectivity index (χ3n) is 3.62. The summed E-state index contributed by atoms with van der Waals surface area (Å²) in [4.78, 5) is 11.9. The fraction of sp³-hybridized carbons (Fsp3) is 0.438. The van der Waals surface area contributed by atoms with Gasteiger partial charge in [0.05, 0.1) is 5.56 Å². The van der Waals surface area contributed by atoms with Gasteiger partial charge in [0.25, 0.3) is 0 Å². The van der Waals surface area contributed by atoms with Gasteiger partial charge >= 0.3 is 5.97 Å². The summed E-state index contributed by atoms with van der Waals surface area (Å²) in [5, 5.41) is 0. The lowest BCUT2D eigenvalue weighted by Crippen LogP contribution is -2.23. The number of hydrogen-bond donors (Lipinski definition) is 0. The van der Waals surface area contributed by atoms with E-state index in [1.807, 2.05) is 12.1 Å². The molecule has 0 saturated heterocycles. The summed E-state index contributed by atoms with van der Waals surface area (Å²) in [6, 6.07) is 7.36. The van der Waals surface area contributed by atoms with Crippen molar-refractivity contribution in [1.29, 1.82) is 0 Å². The van der Waals surface area contributed by atoms with Gasteiger partial charge in [0.2, 0.25) is 0 Å². The fourth-order valence-electron chi connectivity index (χ4n) is 2.32. The van der Waals surface area contributed by atoms with Gasteiger partial charge in [-0.1, -0.05) is 31.7 Å². The second-order valence-electron chi connectivity index (χ2n) is 5.11. The van der Waals surface area contributed by atoms with E-state index >= 15 is 0 Å². The molecule has 0 amide bonds. The summed E-state index contributed by atoms with van der Waals surface area (Å²) in [5.41, 5.74) is 1.64. The van der Waals surface area contributed by atoms with Gasteiger partial charge < -0.3 is 4.74 Å². The molecule has 1 aliphatic carbocycles. The highest BCUT2D eigenvalue weighted by Crippen LogP contribution is 2.26. The van der Waals surface area contributed by atoms with Gasteiger partial charge in [-0.25, -0.2) is 4.79 Å². The zero-order valence-electron chi connectivity index (χ0n) is 10.9. The Kier molecular flexibility index (Phi) is 4.19. The van der Waals surface area contributed by atoms with Crippen LogP contribution in [0.2, 0.25) is 0 Å². The zero-order chi connectivity index (χ0) is 13.0. The number of ether oxygens (including phenoxy) is 1. The van der Waals surface area contributed by atoms with Crippen LogP contribution < -0.4 is 0 Å². The predicted octanol–water partition coefficient (Wildman–Crippen LogP) is 4.07. The minimum Gasteiger partial charge on any atom is -0.459 e. The lowest BCUT2D eigenvalue weighted by molar-refractivity contribution is 0.0174. The molecule has 1 saturated carbocycles. The third-order valence-corrected chi connectivity index (χ3v) is 3.62. The third kappa shape index (κ3) is 3.22. The van der Waals surface area contributed by atoms with Crippen molar-refractivity contribution in [2.45, 2.75) is 38.7 Å². The van der Waals surface area contributed by atoms with Crippen molar-refractivity contribution in [3.05, 3.63) is 42.0 Å². The quantitative estimate of drug-likeness (QED) is 0.749. The molecule has 1 aromatic carbocycles. The normalized spacial score (nSPS) is 23.4. The number of benzene rings is 1. The van der Waals surface area contributed by atoms with E-state index in [1.165, 1.54) is 0 Å². The van der Waals surface area contributed by atoms with Gasteiger partial charge in [-0.15, -0.1) is 0 Å². The molecule has 0 radical (unpaired) electrons. The maximum atomic E-state index is 11.9. The molecule has 0 atom stereocenters. The summed E-state index contributed by atoms with van der Waals surface area (Å²) in [7, 11) is 0. The predicted molar refractivity (Wildman–Crippen MR) is 73.4 cm³/mol. The van der Waals surface area contributed by atoms with Crippen LogP contribution in [-0.2, 0) is 4.74 Å². The summed E-state index contributed by atoms with van der Waals surface area (Å²) in [6.07, 6.45) is 6.18. The van der Waals surface area contributed by atoms with Crippen molar-refractivity contribution in [3.8, 4) is 0 Å². The molecule has 1 fully saturated rings. The molecule has 18 heavy (non-hydrogen) atoms. The van der Waals surface area contributed by atoms with Crippen LogP contribution in [0.4, 0.5) is 0 Å². The Morgan fingerprint density at radius 1 is 1.22 bits per heavy atom. The molecule has 2 nitrogen and oxygen atoms in total. The van der Waals surface area contributed by atoms with Crippen molar-refractivity contribution in [2.75, 3.05) is 0 Å². The summed E-state index contributed by atoms with van der Waals surface area (Å²) in [5.74, 6) is 0.567. The van der Waals surface area contributed by atoms with E-state index in [1.54, 1.807) is 18.2 Å². The standard InChI is InChI=1S/C16H20O2/c1-3-13-6-8-14(9-7-13)16(17)18-15-10-4-12(2)5-11-15/h3,6-9,12,15H,1,4-5,10-11H2,2H3. The van der Waals surface area contributed by atoms with Crippen LogP contribution in [0.3, 0.4) is 0 Å². The first-order valence-corrected chi connectivity index (χ1v) is 6.62. The summed E-state index contributed by atoms with van der Waals surface area (Å²) in [6.45, 7) is 5.95. The molecule has 0 unspecified atom stereocenters. The number of hydrogen-bond acceptors (Lipinski definition) is 2. The Morgan fingerprint density at radius 2 is 1.83 bits per heavy atom. The van der Waals surface area contributed by atoms with Crippen LogP contribution in [0, 0.1) is 5.92 Å². The van der Waals surface area contributed by atoms with Gasteiger partial charge in [0, 0.05) is 0 Å². The average Bonchev–Trinajstić information content (AvgIpc) is 2.41. The Morgan fingerprint density at radius 3 is 2.39 bits per heavy atom. The van der Waals surface area contributed by atoms with Gasteiger partial charge in [-0.3, -0.25) is 0 Å². The highest BCUT2D eigenvalue weighted by Gasteiger charge is 2.21. The molecule has 0 bridgehead atoms. The smallest absolute Gasteiger partial charge is 0.338 e.